The Bertz CT molecular complexity index is 443. The maximum absolute atomic E-state index is 11.5. The second kappa shape index (κ2) is 6.75. The quantitative estimate of drug-likeness (QED) is 0.579. The molecule has 0 aliphatic rings. The minimum atomic E-state index is -0.677. The van der Waals surface area contributed by atoms with E-state index in [1.807, 2.05) is 38.3 Å². The summed E-state index contributed by atoms with van der Waals surface area (Å²) < 4.78 is 0. The van der Waals surface area contributed by atoms with Crippen LogP contribution >= 0.6 is 0 Å². The fourth-order valence-electron chi connectivity index (χ4n) is 1.39. The van der Waals surface area contributed by atoms with Gasteiger partial charge in [0.1, 0.15) is 0 Å². The zero-order valence-corrected chi connectivity index (χ0v) is 11.3. The molecule has 0 spiro atoms. The molecule has 0 heterocycles. The normalized spacial score (nSPS) is 10.2. The highest BCUT2D eigenvalue weighted by molar-refractivity contribution is 5.90. The summed E-state index contributed by atoms with van der Waals surface area (Å²) in [4.78, 5) is 22.9. The summed E-state index contributed by atoms with van der Waals surface area (Å²) in [6, 6.07) is 6.47. The molecular formula is C13H19N3O3. The van der Waals surface area contributed by atoms with Gasteiger partial charge in [-0.15, -0.1) is 5.17 Å². The lowest BCUT2D eigenvalue weighted by Crippen LogP contribution is -2.46. The number of carbonyl (C=O) groups excluding carboxylic acids is 2. The van der Waals surface area contributed by atoms with E-state index in [1.54, 1.807) is 12.1 Å². The first-order valence-electron chi connectivity index (χ1n) is 6.04. The molecule has 1 rings (SSSR count). The number of carbonyl (C=O) groups is 2. The van der Waals surface area contributed by atoms with Crippen molar-refractivity contribution in [2.75, 3.05) is 5.32 Å². The average Bonchev–Trinajstić information content (AvgIpc) is 2.31. The SMILES string of the molecule is Cc1ccc(NC(=O)NN(O)C(=O)CC(C)C)cc1. The minimum Gasteiger partial charge on any atom is -0.307 e. The van der Waals surface area contributed by atoms with E-state index in [2.05, 4.69) is 5.32 Å². The third-order valence-corrected chi connectivity index (χ3v) is 2.34. The molecule has 0 aliphatic heterocycles. The average molecular weight is 265 g/mol. The van der Waals surface area contributed by atoms with Gasteiger partial charge in [-0.1, -0.05) is 31.5 Å². The highest BCUT2D eigenvalue weighted by Crippen LogP contribution is 2.08. The standard InChI is InChI=1S/C13H19N3O3/c1-9(2)8-12(17)16(19)15-13(18)14-11-6-4-10(3)5-7-11/h4-7,9,19H,8H2,1-3H3,(H2,14,15,18). The molecule has 6 nitrogen and oxygen atoms in total. The maximum atomic E-state index is 11.5. The van der Waals surface area contributed by atoms with Crippen molar-refractivity contribution in [3.8, 4) is 0 Å². The largest absolute Gasteiger partial charge is 0.340 e. The van der Waals surface area contributed by atoms with E-state index in [4.69, 9.17) is 0 Å². The van der Waals surface area contributed by atoms with E-state index in [0.717, 1.165) is 5.56 Å². The molecule has 0 aliphatic carbocycles. The number of hydrogen-bond donors (Lipinski definition) is 3. The molecule has 0 unspecified atom stereocenters. The molecular weight excluding hydrogens is 246 g/mol. The summed E-state index contributed by atoms with van der Waals surface area (Å²) in [7, 11) is 0. The van der Waals surface area contributed by atoms with E-state index in [9.17, 15) is 14.8 Å². The Balaban J connectivity index is 2.46. The zero-order valence-electron chi connectivity index (χ0n) is 11.3. The smallest absolute Gasteiger partial charge is 0.307 e. The Morgan fingerprint density at radius 2 is 1.84 bits per heavy atom. The molecule has 0 radical (unpaired) electrons. The number of urea groups is 1. The number of rotatable bonds is 3. The first-order chi connectivity index (χ1) is 8.88. The number of amides is 3. The van der Waals surface area contributed by atoms with Crippen LogP contribution in [0.4, 0.5) is 10.5 Å². The van der Waals surface area contributed by atoms with Gasteiger partial charge in [-0.05, 0) is 25.0 Å². The summed E-state index contributed by atoms with van der Waals surface area (Å²) in [5.74, 6) is -0.460. The van der Waals surface area contributed by atoms with Crippen molar-refractivity contribution in [1.29, 1.82) is 0 Å². The van der Waals surface area contributed by atoms with Crippen LogP contribution in [0.5, 0.6) is 0 Å². The van der Waals surface area contributed by atoms with Gasteiger partial charge in [-0.2, -0.15) is 0 Å². The molecule has 1 aromatic rings. The number of hydrazine groups is 1. The third kappa shape index (κ3) is 5.39. The molecule has 1 aromatic carbocycles. The van der Waals surface area contributed by atoms with Crippen LogP contribution < -0.4 is 10.7 Å². The van der Waals surface area contributed by atoms with Crippen LogP contribution in [0.2, 0.25) is 0 Å². The Kier molecular flexibility index (Phi) is 5.32. The molecule has 0 atom stereocenters. The lowest BCUT2D eigenvalue weighted by atomic mass is 10.1. The second-order valence-corrected chi connectivity index (χ2v) is 4.74. The van der Waals surface area contributed by atoms with Crippen molar-refractivity contribution in [2.45, 2.75) is 27.2 Å². The number of hydrogen-bond acceptors (Lipinski definition) is 3. The predicted octanol–water partition coefficient (Wildman–Crippen LogP) is 2.30. The van der Waals surface area contributed by atoms with Crippen LogP contribution in [-0.4, -0.2) is 22.3 Å². The van der Waals surface area contributed by atoms with Crippen LogP contribution in [-0.2, 0) is 4.79 Å². The molecule has 6 heteroatoms. The van der Waals surface area contributed by atoms with E-state index < -0.39 is 11.9 Å². The fourth-order valence-corrected chi connectivity index (χ4v) is 1.39. The topological polar surface area (TPSA) is 81.7 Å². The van der Waals surface area contributed by atoms with Gasteiger partial charge >= 0.3 is 6.03 Å². The van der Waals surface area contributed by atoms with Crippen LogP contribution in [0.1, 0.15) is 25.8 Å². The number of nitrogens with one attached hydrogen (secondary N) is 2. The molecule has 3 N–H and O–H groups in total. The first-order valence-corrected chi connectivity index (χ1v) is 6.04. The molecule has 0 bridgehead atoms. The van der Waals surface area contributed by atoms with E-state index in [0.29, 0.717) is 5.69 Å². The Labute approximate surface area is 112 Å². The number of aryl methyl sites for hydroxylation is 1. The van der Waals surface area contributed by atoms with Crippen molar-refractivity contribution in [2.24, 2.45) is 5.92 Å². The second-order valence-electron chi connectivity index (χ2n) is 4.74. The van der Waals surface area contributed by atoms with Crippen molar-refractivity contribution < 1.29 is 14.8 Å². The monoisotopic (exact) mass is 265 g/mol. The molecule has 104 valence electrons. The zero-order chi connectivity index (χ0) is 14.4. The van der Waals surface area contributed by atoms with E-state index in [1.165, 1.54) is 0 Å². The first kappa shape index (κ1) is 15.0. The Hall–Kier alpha value is -2.08. The van der Waals surface area contributed by atoms with Gasteiger partial charge in [0.2, 0.25) is 0 Å². The Morgan fingerprint density at radius 1 is 1.26 bits per heavy atom. The summed E-state index contributed by atoms with van der Waals surface area (Å²) >= 11 is 0. The van der Waals surface area contributed by atoms with Crippen molar-refractivity contribution >= 4 is 17.6 Å². The van der Waals surface area contributed by atoms with Gasteiger partial charge in [0.25, 0.3) is 5.91 Å². The fraction of sp³-hybridized carbons (Fsp3) is 0.385. The van der Waals surface area contributed by atoms with Gasteiger partial charge in [0.15, 0.2) is 0 Å². The van der Waals surface area contributed by atoms with Crippen LogP contribution in [0, 0.1) is 12.8 Å². The highest BCUT2D eigenvalue weighted by Gasteiger charge is 2.15. The van der Waals surface area contributed by atoms with Gasteiger partial charge in [0.05, 0.1) is 0 Å². The number of hydroxylamine groups is 1. The lowest BCUT2D eigenvalue weighted by molar-refractivity contribution is -0.175. The molecule has 0 fully saturated rings. The summed E-state index contributed by atoms with van der Waals surface area (Å²) in [6.45, 7) is 5.63. The molecule has 0 aromatic heterocycles. The molecule has 0 saturated heterocycles. The molecule has 3 amide bonds. The summed E-state index contributed by atoms with van der Waals surface area (Å²) in [6.07, 6.45) is 0.154. The van der Waals surface area contributed by atoms with Crippen molar-refractivity contribution in [1.82, 2.24) is 10.6 Å². The maximum Gasteiger partial charge on any atom is 0.340 e. The van der Waals surface area contributed by atoms with E-state index in [-0.39, 0.29) is 17.5 Å². The Morgan fingerprint density at radius 3 is 2.37 bits per heavy atom. The van der Waals surface area contributed by atoms with Crippen LogP contribution in [0.3, 0.4) is 0 Å². The van der Waals surface area contributed by atoms with Crippen molar-refractivity contribution in [3.63, 3.8) is 0 Å². The number of benzene rings is 1. The third-order valence-electron chi connectivity index (χ3n) is 2.34. The van der Waals surface area contributed by atoms with E-state index >= 15 is 0 Å². The number of nitrogens with zero attached hydrogens (tertiary/aromatic N) is 1. The molecule has 0 saturated carbocycles. The van der Waals surface area contributed by atoms with Crippen molar-refractivity contribution in [3.05, 3.63) is 29.8 Å². The van der Waals surface area contributed by atoms with Gasteiger partial charge in [-0.25, -0.2) is 10.2 Å². The van der Waals surface area contributed by atoms with Gasteiger partial charge in [-0.3, -0.25) is 10.0 Å². The van der Waals surface area contributed by atoms with Gasteiger partial charge < -0.3 is 5.32 Å². The number of anilines is 1. The lowest BCUT2D eigenvalue weighted by Gasteiger charge is -2.17. The van der Waals surface area contributed by atoms with Gasteiger partial charge in [0, 0.05) is 12.1 Å². The van der Waals surface area contributed by atoms with Crippen LogP contribution in [0.25, 0.3) is 0 Å². The summed E-state index contributed by atoms with van der Waals surface area (Å²) in [5.41, 5.74) is 3.69. The summed E-state index contributed by atoms with van der Waals surface area (Å²) in [5, 5.41) is 12.1. The van der Waals surface area contributed by atoms with Crippen LogP contribution in [0.15, 0.2) is 24.3 Å². The predicted molar refractivity (Wildman–Crippen MR) is 71.4 cm³/mol. The minimum absolute atomic E-state index is 0.101. The molecule has 19 heavy (non-hydrogen) atoms. The highest BCUT2D eigenvalue weighted by atomic mass is 16.6.